The van der Waals surface area contributed by atoms with Gasteiger partial charge in [-0.05, 0) is 30.9 Å². The second kappa shape index (κ2) is 5.31. The van der Waals surface area contributed by atoms with Crippen LogP contribution in [0.25, 0.3) is 11.4 Å². The van der Waals surface area contributed by atoms with E-state index >= 15 is 0 Å². The minimum Gasteiger partial charge on any atom is -0.381 e. The van der Waals surface area contributed by atoms with Crippen molar-refractivity contribution in [3.63, 3.8) is 0 Å². The molecule has 4 heteroatoms. The lowest BCUT2D eigenvalue weighted by atomic mass is 10.0. The van der Waals surface area contributed by atoms with Gasteiger partial charge in [0.15, 0.2) is 0 Å². The Morgan fingerprint density at radius 3 is 2.72 bits per heavy atom. The Morgan fingerprint density at radius 1 is 1.17 bits per heavy atom. The van der Waals surface area contributed by atoms with Gasteiger partial charge in [0, 0.05) is 50.1 Å². The maximum absolute atomic E-state index is 5.40. The Morgan fingerprint density at radius 2 is 1.94 bits per heavy atom. The molecule has 0 spiro atoms. The van der Waals surface area contributed by atoms with Crippen LogP contribution in [0.2, 0.25) is 0 Å². The van der Waals surface area contributed by atoms with E-state index in [1.807, 2.05) is 30.7 Å². The summed E-state index contributed by atoms with van der Waals surface area (Å²) in [5.41, 5.74) is 1.13. The first-order valence-electron chi connectivity index (χ1n) is 6.43. The Balaban J connectivity index is 1.79. The van der Waals surface area contributed by atoms with Gasteiger partial charge in [0.1, 0.15) is 5.82 Å². The molecule has 3 heterocycles. The first-order valence-corrected chi connectivity index (χ1v) is 6.43. The molecule has 0 atom stereocenters. The number of hydrogen-bond acceptors (Lipinski definition) is 3. The van der Waals surface area contributed by atoms with Gasteiger partial charge in [-0.15, -0.1) is 0 Å². The Bertz CT molecular complexity index is 489. The maximum Gasteiger partial charge on any atom is 0.139 e. The lowest BCUT2D eigenvalue weighted by Gasteiger charge is -2.23. The van der Waals surface area contributed by atoms with Crippen LogP contribution in [0.1, 0.15) is 12.8 Å². The predicted octanol–water partition coefficient (Wildman–Crippen LogP) is 2.37. The molecule has 1 aliphatic rings. The number of imidazole rings is 1. The molecule has 3 rings (SSSR count). The number of ether oxygens (including phenoxy) is 1. The normalized spacial score (nSPS) is 16.9. The standard InChI is InChI=1S/C14H17N3O/c1-5-15-6-2-13(1)14-16-7-8-17(14)11-12-3-9-18-10-4-12/h1-2,5-8,12H,3-4,9-11H2. The fourth-order valence-corrected chi connectivity index (χ4v) is 2.42. The third-order valence-electron chi connectivity index (χ3n) is 3.45. The summed E-state index contributed by atoms with van der Waals surface area (Å²) < 4.78 is 7.64. The monoisotopic (exact) mass is 243 g/mol. The SMILES string of the molecule is c1cc(-c2nccn2CC2CCOCC2)ccn1. The molecule has 0 saturated carbocycles. The zero-order valence-corrected chi connectivity index (χ0v) is 10.3. The summed E-state index contributed by atoms with van der Waals surface area (Å²) >= 11 is 0. The summed E-state index contributed by atoms with van der Waals surface area (Å²) in [7, 11) is 0. The first-order chi connectivity index (χ1) is 8.93. The summed E-state index contributed by atoms with van der Waals surface area (Å²) in [4.78, 5) is 8.50. The van der Waals surface area contributed by atoms with Crippen molar-refractivity contribution in [1.29, 1.82) is 0 Å². The van der Waals surface area contributed by atoms with Crippen LogP contribution < -0.4 is 0 Å². The minimum absolute atomic E-state index is 0.702. The molecule has 0 N–H and O–H groups in total. The van der Waals surface area contributed by atoms with E-state index in [0.717, 1.165) is 44.0 Å². The van der Waals surface area contributed by atoms with Crippen molar-refractivity contribution in [2.45, 2.75) is 19.4 Å². The smallest absolute Gasteiger partial charge is 0.139 e. The molecule has 1 fully saturated rings. The molecule has 0 radical (unpaired) electrons. The van der Waals surface area contributed by atoms with Crippen molar-refractivity contribution in [3.05, 3.63) is 36.9 Å². The molecule has 2 aromatic rings. The largest absolute Gasteiger partial charge is 0.381 e. The maximum atomic E-state index is 5.40. The van der Waals surface area contributed by atoms with Gasteiger partial charge in [-0.3, -0.25) is 4.98 Å². The number of pyridine rings is 1. The molecular weight excluding hydrogens is 226 g/mol. The summed E-state index contributed by atoms with van der Waals surface area (Å²) in [6, 6.07) is 4.01. The molecular formula is C14H17N3O. The van der Waals surface area contributed by atoms with Gasteiger partial charge in [-0.1, -0.05) is 0 Å². The number of rotatable bonds is 3. The summed E-state index contributed by atoms with van der Waals surface area (Å²) in [5, 5.41) is 0. The highest BCUT2D eigenvalue weighted by molar-refractivity contribution is 5.54. The molecule has 0 amide bonds. The van der Waals surface area contributed by atoms with Gasteiger partial charge in [-0.2, -0.15) is 0 Å². The Labute approximate surface area is 107 Å². The van der Waals surface area contributed by atoms with Crippen LogP contribution in [0.4, 0.5) is 0 Å². The predicted molar refractivity (Wildman–Crippen MR) is 69.0 cm³/mol. The molecule has 1 saturated heterocycles. The quantitative estimate of drug-likeness (QED) is 0.831. The molecule has 18 heavy (non-hydrogen) atoms. The molecule has 1 aliphatic heterocycles. The van der Waals surface area contributed by atoms with Crippen molar-refractivity contribution in [3.8, 4) is 11.4 Å². The topological polar surface area (TPSA) is 39.9 Å². The van der Waals surface area contributed by atoms with Gasteiger partial charge in [0.05, 0.1) is 0 Å². The molecule has 0 aliphatic carbocycles. The van der Waals surface area contributed by atoms with Crippen LogP contribution in [-0.4, -0.2) is 27.7 Å². The average molecular weight is 243 g/mol. The zero-order valence-electron chi connectivity index (χ0n) is 10.3. The number of hydrogen-bond donors (Lipinski definition) is 0. The van der Waals surface area contributed by atoms with Crippen LogP contribution >= 0.6 is 0 Å². The summed E-state index contributed by atoms with van der Waals surface area (Å²) in [6.07, 6.45) is 9.84. The van der Waals surface area contributed by atoms with Crippen LogP contribution in [-0.2, 0) is 11.3 Å². The fraction of sp³-hybridized carbons (Fsp3) is 0.429. The average Bonchev–Trinajstić information content (AvgIpc) is 2.89. The van der Waals surface area contributed by atoms with Gasteiger partial charge in [-0.25, -0.2) is 4.98 Å². The molecule has 0 bridgehead atoms. The molecule has 94 valence electrons. The van der Waals surface area contributed by atoms with Crippen molar-refractivity contribution >= 4 is 0 Å². The van der Waals surface area contributed by atoms with E-state index in [9.17, 15) is 0 Å². The second-order valence-electron chi connectivity index (χ2n) is 4.69. The van der Waals surface area contributed by atoms with Crippen molar-refractivity contribution < 1.29 is 4.74 Å². The third-order valence-corrected chi connectivity index (χ3v) is 3.45. The number of nitrogens with zero attached hydrogens (tertiary/aromatic N) is 3. The van der Waals surface area contributed by atoms with E-state index in [1.165, 1.54) is 0 Å². The summed E-state index contributed by atoms with van der Waals surface area (Å²) in [6.45, 7) is 2.81. The minimum atomic E-state index is 0.702. The van der Waals surface area contributed by atoms with Crippen molar-refractivity contribution in [1.82, 2.24) is 14.5 Å². The highest BCUT2D eigenvalue weighted by Crippen LogP contribution is 2.21. The van der Waals surface area contributed by atoms with E-state index in [4.69, 9.17) is 4.74 Å². The molecule has 2 aromatic heterocycles. The third kappa shape index (κ3) is 2.43. The first kappa shape index (κ1) is 11.4. The van der Waals surface area contributed by atoms with Gasteiger partial charge >= 0.3 is 0 Å². The van der Waals surface area contributed by atoms with E-state index in [2.05, 4.69) is 20.7 Å². The van der Waals surface area contributed by atoms with Gasteiger partial charge < -0.3 is 9.30 Å². The Hall–Kier alpha value is -1.68. The highest BCUT2D eigenvalue weighted by atomic mass is 16.5. The van der Waals surface area contributed by atoms with Gasteiger partial charge in [0.2, 0.25) is 0 Å². The van der Waals surface area contributed by atoms with E-state index in [0.29, 0.717) is 5.92 Å². The Kier molecular flexibility index (Phi) is 3.37. The second-order valence-corrected chi connectivity index (χ2v) is 4.69. The number of aromatic nitrogens is 3. The molecule has 0 unspecified atom stereocenters. The van der Waals surface area contributed by atoms with E-state index < -0.39 is 0 Å². The zero-order chi connectivity index (χ0) is 12.2. The van der Waals surface area contributed by atoms with Crippen LogP contribution in [0.5, 0.6) is 0 Å². The lowest BCUT2D eigenvalue weighted by Crippen LogP contribution is -2.20. The van der Waals surface area contributed by atoms with Crippen LogP contribution in [0.15, 0.2) is 36.9 Å². The van der Waals surface area contributed by atoms with Gasteiger partial charge in [0.25, 0.3) is 0 Å². The van der Waals surface area contributed by atoms with Crippen LogP contribution in [0.3, 0.4) is 0 Å². The van der Waals surface area contributed by atoms with E-state index in [-0.39, 0.29) is 0 Å². The van der Waals surface area contributed by atoms with Crippen LogP contribution in [0, 0.1) is 5.92 Å². The fourth-order valence-electron chi connectivity index (χ4n) is 2.42. The van der Waals surface area contributed by atoms with Crippen molar-refractivity contribution in [2.75, 3.05) is 13.2 Å². The highest BCUT2D eigenvalue weighted by Gasteiger charge is 2.16. The van der Waals surface area contributed by atoms with Crippen molar-refractivity contribution in [2.24, 2.45) is 5.92 Å². The van der Waals surface area contributed by atoms with E-state index in [1.54, 1.807) is 0 Å². The summed E-state index contributed by atoms with van der Waals surface area (Å²) in [5.74, 6) is 1.73. The molecule has 4 nitrogen and oxygen atoms in total. The molecule has 0 aromatic carbocycles. The lowest BCUT2D eigenvalue weighted by molar-refractivity contribution is 0.0614.